The van der Waals surface area contributed by atoms with Gasteiger partial charge in [0, 0.05) is 10.0 Å². The van der Waals surface area contributed by atoms with E-state index in [1.165, 1.54) is 4.90 Å². The number of carbonyl (C=O) groups excluding carboxylic acids is 2. The maximum atomic E-state index is 12.6. The van der Waals surface area contributed by atoms with E-state index in [1.54, 1.807) is 12.1 Å². The van der Waals surface area contributed by atoms with Crippen LogP contribution in [0.25, 0.3) is 0 Å². The van der Waals surface area contributed by atoms with Crippen LogP contribution in [0.15, 0.2) is 46.9 Å². The Kier molecular flexibility index (Phi) is 3.18. The van der Waals surface area contributed by atoms with Gasteiger partial charge in [-0.2, -0.15) is 0 Å². The molecule has 0 saturated carbocycles. The molecule has 3 rings (SSSR count). The topological polar surface area (TPSA) is 37.4 Å². The molecule has 0 unspecified atom stereocenters. The summed E-state index contributed by atoms with van der Waals surface area (Å²) in [5, 5.41) is 0. The number of imide groups is 1. The molecule has 0 spiro atoms. The Hall–Kier alpha value is -1.94. The van der Waals surface area contributed by atoms with E-state index >= 15 is 0 Å². The quantitative estimate of drug-likeness (QED) is 0.751. The van der Waals surface area contributed by atoms with Gasteiger partial charge >= 0.3 is 0 Å². The molecule has 2 amide bonds. The van der Waals surface area contributed by atoms with Crippen molar-refractivity contribution < 1.29 is 9.59 Å². The first kappa shape index (κ1) is 13.1. The fourth-order valence-electron chi connectivity index (χ4n) is 2.44. The SMILES string of the molecule is Cc1c(Br)cccc1N1C(=O)Cc2ccccc2C1=O. The summed E-state index contributed by atoms with van der Waals surface area (Å²) in [6, 6.07) is 12.8. The van der Waals surface area contributed by atoms with Crippen LogP contribution in [0, 0.1) is 6.92 Å². The van der Waals surface area contributed by atoms with Crippen molar-refractivity contribution in [3.8, 4) is 0 Å². The average Bonchev–Trinajstić information content (AvgIpc) is 2.43. The molecule has 0 bridgehead atoms. The molecule has 0 atom stereocenters. The van der Waals surface area contributed by atoms with E-state index in [2.05, 4.69) is 15.9 Å². The average molecular weight is 330 g/mol. The van der Waals surface area contributed by atoms with Gasteiger partial charge in [-0.1, -0.05) is 40.2 Å². The highest BCUT2D eigenvalue weighted by Gasteiger charge is 2.32. The number of amides is 2. The van der Waals surface area contributed by atoms with Gasteiger partial charge in [0.25, 0.3) is 5.91 Å². The number of hydrogen-bond acceptors (Lipinski definition) is 2. The molecular formula is C16H12BrNO2. The molecule has 0 radical (unpaired) electrons. The van der Waals surface area contributed by atoms with Crippen LogP contribution in [0.1, 0.15) is 21.5 Å². The van der Waals surface area contributed by atoms with Gasteiger partial charge in [0.15, 0.2) is 0 Å². The summed E-state index contributed by atoms with van der Waals surface area (Å²) in [5.74, 6) is -0.437. The molecule has 0 N–H and O–H groups in total. The first-order valence-electron chi connectivity index (χ1n) is 6.30. The fraction of sp³-hybridized carbons (Fsp3) is 0.125. The van der Waals surface area contributed by atoms with Crippen molar-refractivity contribution in [1.29, 1.82) is 0 Å². The minimum Gasteiger partial charge on any atom is -0.274 e. The van der Waals surface area contributed by atoms with Crippen LogP contribution in [0.3, 0.4) is 0 Å². The zero-order valence-electron chi connectivity index (χ0n) is 10.9. The van der Waals surface area contributed by atoms with Crippen LogP contribution in [0.5, 0.6) is 0 Å². The first-order chi connectivity index (χ1) is 9.59. The molecule has 3 nitrogen and oxygen atoms in total. The van der Waals surface area contributed by atoms with Crippen molar-refractivity contribution >= 4 is 33.4 Å². The number of fused-ring (bicyclic) bond motifs is 1. The Morgan fingerprint density at radius 2 is 1.80 bits per heavy atom. The predicted octanol–water partition coefficient (Wildman–Crippen LogP) is 3.49. The van der Waals surface area contributed by atoms with Crippen molar-refractivity contribution in [3.63, 3.8) is 0 Å². The second-order valence-corrected chi connectivity index (χ2v) is 5.61. The maximum Gasteiger partial charge on any atom is 0.265 e. The summed E-state index contributed by atoms with van der Waals surface area (Å²) in [6.45, 7) is 1.89. The van der Waals surface area contributed by atoms with Gasteiger partial charge in [-0.15, -0.1) is 0 Å². The van der Waals surface area contributed by atoms with E-state index in [9.17, 15) is 9.59 Å². The minimum atomic E-state index is -0.252. The number of carbonyl (C=O) groups is 2. The van der Waals surface area contributed by atoms with Gasteiger partial charge in [-0.25, -0.2) is 4.90 Å². The molecule has 2 aromatic carbocycles. The summed E-state index contributed by atoms with van der Waals surface area (Å²) in [4.78, 5) is 26.2. The third-order valence-corrected chi connectivity index (χ3v) is 4.38. The largest absolute Gasteiger partial charge is 0.274 e. The zero-order valence-corrected chi connectivity index (χ0v) is 12.5. The van der Waals surface area contributed by atoms with Gasteiger partial charge in [-0.05, 0) is 36.2 Å². The lowest BCUT2D eigenvalue weighted by Gasteiger charge is -2.28. The van der Waals surface area contributed by atoms with E-state index in [0.29, 0.717) is 11.3 Å². The molecule has 20 heavy (non-hydrogen) atoms. The van der Waals surface area contributed by atoms with E-state index in [4.69, 9.17) is 0 Å². The van der Waals surface area contributed by atoms with Crippen LogP contribution in [-0.4, -0.2) is 11.8 Å². The van der Waals surface area contributed by atoms with Crippen molar-refractivity contribution in [2.24, 2.45) is 0 Å². The predicted molar refractivity (Wildman–Crippen MR) is 80.8 cm³/mol. The van der Waals surface area contributed by atoms with Crippen molar-refractivity contribution in [3.05, 3.63) is 63.6 Å². The lowest BCUT2D eigenvalue weighted by Crippen LogP contribution is -2.42. The number of anilines is 1. The third kappa shape index (κ3) is 1.96. The van der Waals surface area contributed by atoms with Crippen molar-refractivity contribution in [1.82, 2.24) is 0 Å². The molecule has 1 heterocycles. The minimum absolute atomic E-state index is 0.185. The molecule has 100 valence electrons. The van der Waals surface area contributed by atoms with E-state index in [0.717, 1.165) is 15.6 Å². The smallest absolute Gasteiger partial charge is 0.265 e. The third-order valence-electron chi connectivity index (χ3n) is 3.52. The highest BCUT2D eigenvalue weighted by Crippen LogP contribution is 2.31. The Balaban J connectivity index is 2.14. The fourth-order valence-corrected chi connectivity index (χ4v) is 2.80. The number of hydrogen-bond donors (Lipinski definition) is 0. The van der Waals surface area contributed by atoms with E-state index < -0.39 is 0 Å². The second kappa shape index (κ2) is 4.87. The van der Waals surface area contributed by atoms with Crippen LogP contribution in [-0.2, 0) is 11.2 Å². The Morgan fingerprint density at radius 3 is 2.60 bits per heavy atom. The second-order valence-electron chi connectivity index (χ2n) is 4.75. The van der Waals surface area contributed by atoms with Crippen LogP contribution in [0.2, 0.25) is 0 Å². The number of benzene rings is 2. The molecule has 0 fully saturated rings. The molecule has 0 aliphatic carbocycles. The van der Waals surface area contributed by atoms with Gasteiger partial charge in [0.2, 0.25) is 5.91 Å². The van der Waals surface area contributed by atoms with E-state index in [1.807, 2.05) is 37.3 Å². The Bertz CT molecular complexity index is 724. The maximum absolute atomic E-state index is 12.6. The summed E-state index contributed by atoms with van der Waals surface area (Å²) in [5.41, 5.74) is 2.93. The lowest BCUT2D eigenvalue weighted by atomic mass is 9.97. The first-order valence-corrected chi connectivity index (χ1v) is 7.09. The number of nitrogens with zero attached hydrogens (tertiary/aromatic N) is 1. The molecule has 0 aromatic heterocycles. The number of rotatable bonds is 1. The van der Waals surface area contributed by atoms with Gasteiger partial charge in [-0.3, -0.25) is 9.59 Å². The molecule has 2 aromatic rings. The molecule has 4 heteroatoms. The zero-order chi connectivity index (χ0) is 14.3. The van der Waals surface area contributed by atoms with Gasteiger partial charge in [0.05, 0.1) is 12.1 Å². The summed E-state index contributed by atoms with van der Waals surface area (Å²) < 4.78 is 0.884. The van der Waals surface area contributed by atoms with Crippen LogP contribution in [0.4, 0.5) is 5.69 Å². The normalized spacial score (nSPS) is 14.4. The van der Waals surface area contributed by atoms with E-state index in [-0.39, 0.29) is 18.2 Å². The highest BCUT2D eigenvalue weighted by atomic mass is 79.9. The Morgan fingerprint density at radius 1 is 1.05 bits per heavy atom. The van der Waals surface area contributed by atoms with Gasteiger partial charge in [0.1, 0.15) is 0 Å². The van der Waals surface area contributed by atoms with Gasteiger partial charge < -0.3 is 0 Å². The molecule has 1 aliphatic heterocycles. The monoisotopic (exact) mass is 329 g/mol. The number of halogens is 1. The van der Waals surface area contributed by atoms with Crippen molar-refractivity contribution in [2.45, 2.75) is 13.3 Å². The molecule has 1 aliphatic rings. The highest BCUT2D eigenvalue weighted by molar-refractivity contribution is 9.10. The van der Waals surface area contributed by atoms with Crippen molar-refractivity contribution in [2.75, 3.05) is 4.90 Å². The molecule has 0 saturated heterocycles. The summed E-state index contributed by atoms with van der Waals surface area (Å²) >= 11 is 3.43. The molecular weight excluding hydrogens is 318 g/mol. The van der Waals surface area contributed by atoms with Crippen LogP contribution < -0.4 is 4.90 Å². The lowest BCUT2D eigenvalue weighted by molar-refractivity contribution is -0.117. The Labute approximate surface area is 125 Å². The summed E-state index contributed by atoms with van der Waals surface area (Å²) in [7, 11) is 0. The standard InChI is InChI=1S/C16H12BrNO2/c1-10-13(17)7-4-8-14(10)18-15(19)9-11-5-2-3-6-12(11)16(18)20/h2-8H,9H2,1H3. The van der Waals surface area contributed by atoms with Crippen LogP contribution >= 0.6 is 15.9 Å². The summed E-state index contributed by atoms with van der Waals surface area (Å²) in [6.07, 6.45) is 0.258.